The molecule has 1 aromatic rings. The molecule has 0 heterocycles. The second-order valence-electron chi connectivity index (χ2n) is 4.51. The Morgan fingerprint density at radius 2 is 1.95 bits per heavy atom. The van der Waals surface area contributed by atoms with Crippen LogP contribution in [0.5, 0.6) is 0 Å². The van der Waals surface area contributed by atoms with Crippen LogP contribution in [0.25, 0.3) is 0 Å². The van der Waals surface area contributed by atoms with Crippen LogP contribution in [0, 0.1) is 5.82 Å². The van der Waals surface area contributed by atoms with E-state index in [0.717, 1.165) is 25.0 Å². The van der Waals surface area contributed by atoms with Gasteiger partial charge in [-0.15, -0.1) is 0 Å². The van der Waals surface area contributed by atoms with Gasteiger partial charge in [0.1, 0.15) is 5.82 Å². The van der Waals surface area contributed by atoms with E-state index in [1.54, 1.807) is 11.9 Å². The van der Waals surface area contributed by atoms with E-state index >= 15 is 0 Å². The summed E-state index contributed by atoms with van der Waals surface area (Å²) >= 11 is 0. The Hall–Kier alpha value is -2.11. The van der Waals surface area contributed by atoms with Crippen LogP contribution in [0.4, 0.5) is 14.9 Å². The van der Waals surface area contributed by atoms with Gasteiger partial charge in [-0.25, -0.2) is 14.0 Å². The van der Waals surface area contributed by atoms with E-state index in [9.17, 15) is 14.0 Å². The first-order valence-corrected chi connectivity index (χ1v) is 6.47. The van der Waals surface area contributed by atoms with Gasteiger partial charge in [-0.05, 0) is 31.0 Å². The van der Waals surface area contributed by atoms with Crippen LogP contribution < -0.4 is 5.32 Å². The van der Waals surface area contributed by atoms with Gasteiger partial charge < -0.3 is 15.3 Å². The second-order valence-corrected chi connectivity index (χ2v) is 4.51. The molecule has 0 aliphatic carbocycles. The van der Waals surface area contributed by atoms with Crippen molar-refractivity contribution in [1.29, 1.82) is 0 Å². The molecule has 5 nitrogen and oxygen atoms in total. The van der Waals surface area contributed by atoms with Crippen molar-refractivity contribution in [3.05, 3.63) is 29.6 Å². The number of urea groups is 1. The van der Waals surface area contributed by atoms with Crippen LogP contribution >= 0.6 is 0 Å². The van der Waals surface area contributed by atoms with Crippen molar-refractivity contribution in [3.63, 3.8) is 0 Å². The number of carbonyl (C=O) groups is 2. The van der Waals surface area contributed by atoms with Gasteiger partial charge in [-0.1, -0.05) is 13.8 Å². The molecule has 110 valence electrons. The Labute approximate surface area is 117 Å². The van der Waals surface area contributed by atoms with Gasteiger partial charge in [0, 0.05) is 18.8 Å². The van der Waals surface area contributed by atoms with Gasteiger partial charge in [0.2, 0.25) is 0 Å². The number of carboxylic acids is 1. The number of nitrogens with one attached hydrogen (secondary N) is 1. The fourth-order valence-corrected chi connectivity index (χ4v) is 1.98. The van der Waals surface area contributed by atoms with Crippen LogP contribution in [-0.4, -0.2) is 35.1 Å². The minimum absolute atomic E-state index is 0.109. The highest BCUT2D eigenvalue weighted by Crippen LogP contribution is 2.16. The molecule has 0 atom stereocenters. The number of nitrogens with zero attached hydrogens (tertiary/aromatic N) is 1. The number of carboxylic acid groups (broad SMARTS) is 1. The number of benzene rings is 1. The maximum atomic E-state index is 13.5. The summed E-state index contributed by atoms with van der Waals surface area (Å²) in [5.41, 5.74) is -0.188. The minimum Gasteiger partial charge on any atom is -0.478 e. The first-order chi connectivity index (χ1) is 9.40. The lowest BCUT2D eigenvalue weighted by Crippen LogP contribution is -2.39. The van der Waals surface area contributed by atoms with Crippen LogP contribution in [0.2, 0.25) is 0 Å². The van der Waals surface area contributed by atoms with Gasteiger partial charge in [-0.2, -0.15) is 0 Å². The average Bonchev–Trinajstić information content (AvgIpc) is 2.39. The molecule has 0 unspecified atom stereocenters. The summed E-state index contributed by atoms with van der Waals surface area (Å²) in [6.07, 6.45) is 1.65. The third kappa shape index (κ3) is 3.69. The SMILES string of the molecule is CCC(CC)N(C)C(=O)Nc1ccc(C(=O)O)c(F)c1. The van der Waals surface area contributed by atoms with Gasteiger partial charge in [0.15, 0.2) is 0 Å². The Bertz CT molecular complexity index is 501. The molecule has 0 saturated carbocycles. The van der Waals surface area contributed by atoms with Gasteiger partial charge >= 0.3 is 12.0 Å². The molecule has 6 heteroatoms. The standard InChI is InChI=1S/C14H19FN2O3/c1-4-10(5-2)17(3)14(20)16-9-6-7-11(13(18)19)12(15)8-9/h6-8,10H,4-5H2,1-3H3,(H,16,20)(H,18,19). The molecule has 0 bridgehead atoms. The number of aromatic carboxylic acids is 1. The monoisotopic (exact) mass is 282 g/mol. The molecule has 0 aliphatic heterocycles. The molecule has 0 spiro atoms. The van der Waals surface area contributed by atoms with E-state index in [1.165, 1.54) is 6.07 Å². The molecular formula is C14H19FN2O3. The zero-order valence-electron chi connectivity index (χ0n) is 11.8. The topological polar surface area (TPSA) is 69.6 Å². The smallest absolute Gasteiger partial charge is 0.338 e. The molecule has 1 rings (SSSR count). The Kier molecular flexibility index (Phi) is 5.49. The molecular weight excluding hydrogens is 263 g/mol. The largest absolute Gasteiger partial charge is 0.478 e. The quantitative estimate of drug-likeness (QED) is 0.871. The number of anilines is 1. The predicted octanol–water partition coefficient (Wildman–Crippen LogP) is 3.18. The Morgan fingerprint density at radius 1 is 1.35 bits per heavy atom. The zero-order valence-corrected chi connectivity index (χ0v) is 11.8. The molecule has 0 aliphatic rings. The Morgan fingerprint density at radius 3 is 2.40 bits per heavy atom. The lowest BCUT2D eigenvalue weighted by atomic mass is 10.1. The highest BCUT2D eigenvalue weighted by atomic mass is 19.1. The lowest BCUT2D eigenvalue weighted by molar-refractivity contribution is 0.0692. The normalized spacial score (nSPS) is 10.4. The summed E-state index contributed by atoms with van der Waals surface area (Å²) in [6, 6.07) is 3.26. The number of hydrogen-bond donors (Lipinski definition) is 2. The van der Waals surface area contributed by atoms with E-state index in [-0.39, 0.29) is 17.8 Å². The second kappa shape index (κ2) is 6.88. The summed E-state index contributed by atoms with van der Waals surface area (Å²) in [4.78, 5) is 24.2. The van der Waals surface area contributed by atoms with Gasteiger partial charge in [-0.3, -0.25) is 0 Å². The predicted molar refractivity (Wildman–Crippen MR) is 74.5 cm³/mol. The molecule has 0 saturated heterocycles. The first-order valence-electron chi connectivity index (χ1n) is 6.47. The van der Waals surface area contributed by atoms with Crippen molar-refractivity contribution in [2.75, 3.05) is 12.4 Å². The summed E-state index contributed by atoms with van der Waals surface area (Å²) < 4.78 is 13.5. The van der Waals surface area contributed by atoms with Crippen molar-refractivity contribution >= 4 is 17.7 Å². The van der Waals surface area contributed by atoms with E-state index in [1.807, 2.05) is 13.8 Å². The lowest BCUT2D eigenvalue weighted by Gasteiger charge is -2.26. The highest BCUT2D eigenvalue weighted by Gasteiger charge is 2.17. The van der Waals surface area contributed by atoms with Gasteiger partial charge in [0.25, 0.3) is 0 Å². The fourth-order valence-electron chi connectivity index (χ4n) is 1.98. The third-order valence-electron chi connectivity index (χ3n) is 3.26. The van der Waals surface area contributed by atoms with E-state index in [0.29, 0.717) is 0 Å². The Balaban J connectivity index is 2.81. The summed E-state index contributed by atoms with van der Waals surface area (Å²) in [5, 5.41) is 11.3. The number of carbonyl (C=O) groups excluding carboxylic acids is 1. The first kappa shape index (κ1) is 15.9. The maximum absolute atomic E-state index is 13.5. The van der Waals surface area contributed by atoms with Crippen LogP contribution in [-0.2, 0) is 0 Å². The molecule has 0 aromatic heterocycles. The van der Waals surface area contributed by atoms with Crippen LogP contribution in [0.3, 0.4) is 0 Å². The summed E-state index contributed by atoms with van der Waals surface area (Å²) in [6.45, 7) is 3.97. The van der Waals surface area contributed by atoms with Crippen molar-refractivity contribution in [1.82, 2.24) is 4.90 Å². The number of rotatable bonds is 5. The molecule has 0 fully saturated rings. The third-order valence-corrected chi connectivity index (χ3v) is 3.26. The number of amides is 2. The number of hydrogen-bond acceptors (Lipinski definition) is 2. The fraction of sp³-hybridized carbons (Fsp3) is 0.429. The van der Waals surface area contributed by atoms with Crippen molar-refractivity contribution in [3.8, 4) is 0 Å². The molecule has 1 aromatic carbocycles. The molecule has 0 radical (unpaired) electrons. The minimum atomic E-state index is -1.34. The zero-order chi connectivity index (χ0) is 15.3. The molecule has 2 N–H and O–H groups in total. The van der Waals surface area contributed by atoms with Crippen molar-refractivity contribution < 1.29 is 19.1 Å². The maximum Gasteiger partial charge on any atom is 0.338 e. The van der Waals surface area contributed by atoms with Crippen LogP contribution in [0.15, 0.2) is 18.2 Å². The molecule has 20 heavy (non-hydrogen) atoms. The van der Waals surface area contributed by atoms with E-state index in [2.05, 4.69) is 5.32 Å². The van der Waals surface area contributed by atoms with Crippen molar-refractivity contribution in [2.45, 2.75) is 32.7 Å². The summed E-state index contributed by atoms with van der Waals surface area (Å²) in [7, 11) is 1.68. The summed E-state index contributed by atoms with van der Waals surface area (Å²) in [5.74, 6) is -2.21. The molecule has 2 amide bonds. The highest BCUT2D eigenvalue weighted by molar-refractivity contribution is 5.91. The van der Waals surface area contributed by atoms with E-state index < -0.39 is 17.3 Å². The van der Waals surface area contributed by atoms with Crippen LogP contribution in [0.1, 0.15) is 37.0 Å². The number of halogens is 1. The van der Waals surface area contributed by atoms with Gasteiger partial charge in [0.05, 0.1) is 5.56 Å². The van der Waals surface area contributed by atoms with Crippen molar-refractivity contribution in [2.24, 2.45) is 0 Å². The average molecular weight is 282 g/mol. The van der Waals surface area contributed by atoms with E-state index in [4.69, 9.17) is 5.11 Å².